The molecule has 1 N–H and O–H groups in total. The van der Waals surface area contributed by atoms with Gasteiger partial charge >= 0.3 is 5.97 Å². The molecule has 2 aromatic carbocycles. The molecule has 2 aromatic rings. The maximum absolute atomic E-state index is 12.9. The summed E-state index contributed by atoms with van der Waals surface area (Å²) in [4.78, 5) is 12.6. The average Bonchev–Trinajstić information content (AvgIpc) is 2.62. The molecule has 0 spiro atoms. The number of rotatable bonds is 7. The second-order valence-corrected chi connectivity index (χ2v) is 7.90. The average molecular weight is 388 g/mol. The van der Waals surface area contributed by atoms with E-state index in [2.05, 4.69) is 4.72 Å². The van der Waals surface area contributed by atoms with Crippen molar-refractivity contribution in [3.63, 3.8) is 0 Å². The van der Waals surface area contributed by atoms with Crippen molar-refractivity contribution in [2.45, 2.75) is 38.6 Å². The van der Waals surface area contributed by atoms with Gasteiger partial charge in [0.15, 0.2) is 0 Å². The largest absolute Gasteiger partial charge is 0.463 e. The molecular weight excluding hydrogens is 362 g/mol. The fourth-order valence-electron chi connectivity index (χ4n) is 2.76. The van der Waals surface area contributed by atoms with Crippen LogP contribution in [0.25, 0.3) is 0 Å². The van der Waals surface area contributed by atoms with E-state index < -0.39 is 22.0 Å². The van der Waals surface area contributed by atoms with E-state index in [9.17, 15) is 13.2 Å². The first-order chi connectivity index (χ1) is 12.8. The first kappa shape index (κ1) is 20.9. The highest BCUT2D eigenvalue weighted by Gasteiger charge is 2.29. The van der Waals surface area contributed by atoms with E-state index in [1.165, 1.54) is 0 Å². The van der Waals surface area contributed by atoms with Crippen LogP contribution >= 0.6 is 0 Å². The fraction of sp³-hybridized carbons (Fsp3) is 0.286. The van der Waals surface area contributed by atoms with Crippen LogP contribution in [-0.4, -0.2) is 21.0 Å². The van der Waals surface area contributed by atoms with Gasteiger partial charge in [-0.2, -0.15) is 4.72 Å². The SMILES string of the molecule is CC=C(C(=O)OCC)C(NS(=O)(=O)c1ccc(C)cc1)c1ccccc1C. The molecule has 0 amide bonds. The minimum atomic E-state index is -3.84. The molecule has 1 atom stereocenters. The van der Waals surface area contributed by atoms with E-state index in [0.717, 1.165) is 11.1 Å². The van der Waals surface area contributed by atoms with Crippen LogP contribution in [0.15, 0.2) is 65.1 Å². The molecule has 0 saturated carbocycles. The van der Waals surface area contributed by atoms with Crippen LogP contribution in [0.4, 0.5) is 0 Å². The van der Waals surface area contributed by atoms with E-state index >= 15 is 0 Å². The smallest absolute Gasteiger partial charge is 0.335 e. The molecule has 0 aliphatic heterocycles. The molecule has 144 valence electrons. The molecule has 0 fully saturated rings. The van der Waals surface area contributed by atoms with Crippen LogP contribution in [0, 0.1) is 13.8 Å². The normalized spacial score (nSPS) is 13.3. The first-order valence-corrected chi connectivity index (χ1v) is 10.3. The van der Waals surface area contributed by atoms with Gasteiger partial charge in [-0.25, -0.2) is 13.2 Å². The van der Waals surface area contributed by atoms with Crippen molar-refractivity contribution in [3.8, 4) is 0 Å². The molecule has 2 rings (SSSR count). The molecule has 0 aliphatic rings. The zero-order valence-electron chi connectivity index (χ0n) is 16.0. The summed E-state index contributed by atoms with van der Waals surface area (Å²) in [5.74, 6) is -0.542. The second kappa shape index (κ2) is 8.97. The van der Waals surface area contributed by atoms with Crippen LogP contribution in [-0.2, 0) is 19.6 Å². The van der Waals surface area contributed by atoms with Crippen molar-refractivity contribution in [1.29, 1.82) is 0 Å². The Morgan fingerprint density at radius 3 is 2.30 bits per heavy atom. The molecule has 6 heteroatoms. The molecule has 0 saturated heterocycles. The fourth-order valence-corrected chi connectivity index (χ4v) is 3.96. The van der Waals surface area contributed by atoms with Crippen LogP contribution in [0.5, 0.6) is 0 Å². The third-order valence-electron chi connectivity index (χ3n) is 4.24. The number of carbonyl (C=O) groups excluding carboxylic acids is 1. The molecule has 0 bridgehead atoms. The van der Waals surface area contributed by atoms with Gasteiger partial charge in [0.1, 0.15) is 0 Å². The van der Waals surface area contributed by atoms with Gasteiger partial charge in [0.05, 0.1) is 23.1 Å². The maximum Gasteiger partial charge on any atom is 0.335 e. The van der Waals surface area contributed by atoms with Crippen molar-refractivity contribution < 1.29 is 17.9 Å². The van der Waals surface area contributed by atoms with Crippen molar-refractivity contribution in [1.82, 2.24) is 4.72 Å². The van der Waals surface area contributed by atoms with Crippen LogP contribution in [0.2, 0.25) is 0 Å². The van der Waals surface area contributed by atoms with E-state index in [1.54, 1.807) is 50.3 Å². The Bertz CT molecular complexity index is 931. The lowest BCUT2D eigenvalue weighted by atomic mass is 9.95. The van der Waals surface area contributed by atoms with Crippen LogP contribution in [0.1, 0.15) is 36.6 Å². The molecule has 0 heterocycles. The maximum atomic E-state index is 12.9. The van der Waals surface area contributed by atoms with Crippen LogP contribution < -0.4 is 4.72 Å². The number of esters is 1. The number of benzene rings is 2. The topological polar surface area (TPSA) is 72.5 Å². The molecule has 1 unspecified atom stereocenters. The van der Waals surface area contributed by atoms with Gasteiger partial charge in [0.25, 0.3) is 0 Å². The zero-order chi connectivity index (χ0) is 20.0. The predicted molar refractivity (Wildman–Crippen MR) is 106 cm³/mol. The van der Waals surface area contributed by atoms with E-state index in [1.807, 2.05) is 32.0 Å². The Hall–Kier alpha value is -2.44. The minimum absolute atomic E-state index is 0.144. The number of carbonyl (C=O) groups is 1. The predicted octanol–water partition coefficient (Wildman–Crippen LogP) is 3.83. The van der Waals surface area contributed by atoms with Gasteiger partial charge in [-0.05, 0) is 51.0 Å². The number of ether oxygens (including phenoxy) is 1. The Morgan fingerprint density at radius 2 is 1.74 bits per heavy atom. The molecule has 27 heavy (non-hydrogen) atoms. The monoisotopic (exact) mass is 387 g/mol. The minimum Gasteiger partial charge on any atom is -0.463 e. The van der Waals surface area contributed by atoms with E-state index in [0.29, 0.717) is 5.56 Å². The lowest BCUT2D eigenvalue weighted by Gasteiger charge is -2.23. The van der Waals surface area contributed by atoms with Crippen molar-refractivity contribution >= 4 is 16.0 Å². The lowest BCUT2D eigenvalue weighted by Crippen LogP contribution is -2.33. The summed E-state index contributed by atoms with van der Waals surface area (Å²) in [7, 11) is -3.84. The Labute approximate surface area is 161 Å². The molecule has 0 aliphatic carbocycles. The third-order valence-corrected chi connectivity index (χ3v) is 5.68. The number of hydrogen-bond acceptors (Lipinski definition) is 4. The highest BCUT2D eigenvalue weighted by atomic mass is 32.2. The highest BCUT2D eigenvalue weighted by Crippen LogP contribution is 2.28. The second-order valence-electron chi connectivity index (χ2n) is 6.19. The van der Waals surface area contributed by atoms with Crippen LogP contribution in [0.3, 0.4) is 0 Å². The number of sulfonamides is 1. The van der Waals surface area contributed by atoms with Gasteiger partial charge in [-0.3, -0.25) is 0 Å². The van der Waals surface area contributed by atoms with Gasteiger partial charge in [-0.1, -0.05) is 48.0 Å². The van der Waals surface area contributed by atoms with Crippen molar-refractivity contribution in [2.75, 3.05) is 6.61 Å². The van der Waals surface area contributed by atoms with Crippen molar-refractivity contribution in [2.24, 2.45) is 0 Å². The number of allylic oxidation sites excluding steroid dienone is 1. The Morgan fingerprint density at radius 1 is 1.11 bits per heavy atom. The van der Waals surface area contributed by atoms with Crippen molar-refractivity contribution in [3.05, 3.63) is 76.9 Å². The van der Waals surface area contributed by atoms with Gasteiger partial charge in [0, 0.05) is 0 Å². The number of nitrogens with one attached hydrogen (secondary N) is 1. The van der Waals surface area contributed by atoms with E-state index in [-0.39, 0.29) is 17.1 Å². The highest BCUT2D eigenvalue weighted by molar-refractivity contribution is 7.89. The van der Waals surface area contributed by atoms with Gasteiger partial charge in [-0.15, -0.1) is 0 Å². The molecule has 5 nitrogen and oxygen atoms in total. The molecule has 0 aromatic heterocycles. The summed E-state index contributed by atoms with van der Waals surface area (Å²) in [5, 5.41) is 0. The third kappa shape index (κ3) is 5.05. The Balaban J connectivity index is 2.51. The number of aryl methyl sites for hydroxylation is 2. The Kier molecular flexibility index (Phi) is 6.93. The summed E-state index contributed by atoms with van der Waals surface area (Å²) in [5.41, 5.74) is 2.79. The first-order valence-electron chi connectivity index (χ1n) is 8.78. The molecule has 0 radical (unpaired) electrons. The quantitative estimate of drug-likeness (QED) is 0.579. The summed E-state index contributed by atoms with van der Waals surface area (Å²) in [6.07, 6.45) is 1.59. The summed E-state index contributed by atoms with van der Waals surface area (Å²) < 4.78 is 33.7. The summed E-state index contributed by atoms with van der Waals surface area (Å²) in [6, 6.07) is 13.1. The number of hydrogen-bond donors (Lipinski definition) is 1. The molecular formula is C21H25NO4S. The summed E-state index contributed by atoms with van der Waals surface area (Å²) in [6.45, 7) is 7.38. The van der Waals surface area contributed by atoms with E-state index in [4.69, 9.17) is 4.74 Å². The van der Waals surface area contributed by atoms with Gasteiger partial charge < -0.3 is 4.74 Å². The summed E-state index contributed by atoms with van der Waals surface area (Å²) >= 11 is 0. The van der Waals surface area contributed by atoms with Gasteiger partial charge in [0.2, 0.25) is 10.0 Å². The standard InChI is InChI=1S/C21H25NO4S/c1-5-18(21(23)26-6-2)20(19-10-8-7-9-16(19)4)22-27(24,25)17-13-11-15(3)12-14-17/h5,7-14,20,22H,6H2,1-4H3. The lowest BCUT2D eigenvalue weighted by molar-refractivity contribution is -0.138. The zero-order valence-corrected chi connectivity index (χ0v) is 16.8.